The highest BCUT2D eigenvalue weighted by atomic mass is 16.5. The Balaban J connectivity index is 2.76. The van der Waals surface area contributed by atoms with Crippen molar-refractivity contribution in [1.82, 2.24) is 5.32 Å². The average molecular weight is 229 g/mol. The molecule has 92 valence electrons. The Bertz CT molecular complexity index is 277. The number of aliphatic carboxylic acids is 1. The van der Waals surface area contributed by atoms with Crippen molar-refractivity contribution in [2.45, 2.75) is 51.2 Å². The maximum atomic E-state index is 11.3. The van der Waals surface area contributed by atoms with Crippen molar-refractivity contribution < 1.29 is 19.4 Å². The highest BCUT2D eigenvalue weighted by molar-refractivity contribution is 5.86. The molecular formula is C11H19NO4. The van der Waals surface area contributed by atoms with E-state index in [1.165, 1.54) is 6.92 Å². The Hall–Kier alpha value is -1.10. The van der Waals surface area contributed by atoms with Crippen LogP contribution in [0.25, 0.3) is 0 Å². The first kappa shape index (κ1) is 13.0. The molecule has 16 heavy (non-hydrogen) atoms. The quantitative estimate of drug-likeness (QED) is 0.751. The lowest BCUT2D eigenvalue weighted by Gasteiger charge is -2.38. The molecule has 1 aliphatic rings. The molecule has 2 unspecified atom stereocenters. The molecule has 0 aromatic carbocycles. The third-order valence-electron chi connectivity index (χ3n) is 2.89. The van der Waals surface area contributed by atoms with Gasteiger partial charge < -0.3 is 15.2 Å². The predicted molar refractivity (Wildman–Crippen MR) is 58.1 cm³/mol. The van der Waals surface area contributed by atoms with Crippen LogP contribution in [0, 0.1) is 0 Å². The Labute approximate surface area is 95.2 Å². The topological polar surface area (TPSA) is 75.6 Å². The van der Waals surface area contributed by atoms with E-state index >= 15 is 0 Å². The zero-order valence-electron chi connectivity index (χ0n) is 9.78. The largest absolute Gasteiger partial charge is 0.480 e. The van der Waals surface area contributed by atoms with Gasteiger partial charge in [-0.15, -0.1) is 0 Å². The van der Waals surface area contributed by atoms with Crippen molar-refractivity contribution in [3.05, 3.63) is 0 Å². The fraction of sp³-hybridized carbons (Fsp3) is 0.818. The van der Waals surface area contributed by atoms with Crippen LogP contribution < -0.4 is 5.32 Å². The molecule has 0 bridgehead atoms. The second kappa shape index (κ2) is 5.30. The number of hydrogen-bond donors (Lipinski definition) is 2. The van der Waals surface area contributed by atoms with Gasteiger partial charge in [0.05, 0.1) is 6.10 Å². The van der Waals surface area contributed by atoms with Gasteiger partial charge in [0.1, 0.15) is 5.54 Å². The number of carboxylic acids is 1. The summed E-state index contributed by atoms with van der Waals surface area (Å²) in [6.45, 7) is 3.76. The van der Waals surface area contributed by atoms with E-state index in [4.69, 9.17) is 4.74 Å². The van der Waals surface area contributed by atoms with E-state index in [0.29, 0.717) is 19.4 Å². The number of carboxylic acid groups (broad SMARTS) is 1. The third kappa shape index (κ3) is 2.95. The molecule has 1 amide bonds. The van der Waals surface area contributed by atoms with Crippen LogP contribution in [0.15, 0.2) is 0 Å². The third-order valence-corrected chi connectivity index (χ3v) is 2.89. The van der Waals surface area contributed by atoms with E-state index in [1.807, 2.05) is 6.92 Å². The van der Waals surface area contributed by atoms with Crippen molar-refractivity contribution in [2.75, 3.05) is 6.61 Å². The van der Waals surface area contributed by atoms with Crippen LogP contribution in [0.3, 0.4) is 0 Å². The maximum absolute atomic E-state index is 11.3. The number of rotatable bonds is 4. The Morgan fingerprint density at radius 3 is 2.75 bits per heavy atom. The van der Waals surface area contributed by atoms with Crippen LogP contribution >= 0.6 is 0 Å². The molecular weight excluding hydrogens is 210 g/mol. The van der Waals surface area contributed by atoms with Crippen LogP contribution in [-0.4, -0.2) is 35.2 Å². The van der Waals surface area contributed by atoms with Gasteiger partial charge in [-0.05, 0) is 6.42 Å². The zero-order chi connectivity index (χ0) is 12.2. The van der Waals surface area contributed by atoms with E-state index < -0.39 is 11.5 Å². The summed E-state index contributed by atoms with van der Waals surface area (Å²) >= 11 is 0. The van der Waals surface area contributed by atoms with Crippen LogP contribution in [0.5, 0.6) is 0 Å². The molecule has 0 spiro atoms. The molecule has 1 fully saturated rings. The summed E-state index contributed by atoms with van der Waals surface area (Å²) in [6.07, 6.45) is 2.40. The van der Waals surface area contributed by atoms with Crippen LogP contribution in [-0.2, 0) is 14.3 Å². The van der Waals surface area contributed by atoms with Gasteiger partial charge in [0.2, 0.25) is 5.91 Å². The molecule has 2 N–H and O–H groups in total. The SMILES string of the molecule is CCCC1CC(NC(C)=O)(C(=O)O)CCO1. The first-order chi connectivity index (χ1) is 7.50. The van der Waals surface area contributed by atoms with E-state index in [9.17, 15) is 14.7 Å². The zero-order valence-corrected chi connectivity index (χ0v) is 9.78. The van der Waals surface area contributed by atoms with E-state index in [-0.39, 0.29) is 12.0 Å². The monoisotopic (exact) mass is 229 g/mol. The van der Waals surface area contributed by atoms with Crippen molar-refractivity contribution >= 4 is 11.9 Å². The smallest absolute Gasteiger partial charge is 0.329 e. The number of nitrogens with one attached hydrogen (secondary N) is 1. The van der Waals surface area contributed by atoms with Gasteiger partial charge in [-0.3, -0.25) is 4.79 Å². The fourth-order valence-electron chi connectivity index (χ4n) is 2.16. The molecule has 1 aliphatic heterocycles. The first-order valence-corrected chi connectivity index (χ1v) is 5.64. The molecule has 1 saturated heterocycles. The molecule has 0 aliphatic carbocycles. The lowest BCUT2D eigenvalue weighted by atomic mass is 9.85. The summed E-state index contributed by atoms with van der Waals surface area (Å²) in [5, 5.41) is 11.8. The van der Waals surface area contributed by atoms with Crippen LogP contribution in [0.1, 0.15) is 39.5 Å². The second-order valence-corrected chi connectivity index (χ2v) is 4.30. The lowest BCUT2D eigenvalue weighted by Crippen LogP contribution is -2.58. The number of carbonyl (C=O) groups excluding carboxylic acids is 1. The minimum atomic E-state index is -1.13. The number of amides is 1. The second-order valence-electron chi connectivity index (χ2n) is 4.30. The molecule has 5 heteroatoms. The van der Waals surface area contributed by atoms with Gasteiger partial charge in [0.25, 0.3) is 0 Å². The van der Waals surface area contributed by atoms with Crippen LogP contribution in [0.4, 0.5) is 0 Å². The highest BCUT2D eigenvalue weighted by Crippen LogP contribution is 2.27. The van der Waals surface area contributed by atoms with Crippen molar-refractivity contribution in [3.8, 4) is 0 Å². The average Bonchev–Trinajstić information content (AvgIpc) is 2.17. The van der Waals surface area contributed by atoms with E-state index in [1.54, 1.807) is 0 Å². The summed E-state index contributed by atoms with van der Waals surface area (Å²) < 4.78 is 5.49. The number of ether oxygens (including phenoxy) is 1. The lowest BCUT2D eigenvalue weighted by molar-refractivity contribution is -0.155. The van der Waals surface area contributed by atoms with Crippen molar-refractivity contribution in [2.24, 2.45) is 0 Å². The van der Waals surface area contributed by atoms with E-state index in [2.05, 4.69) is 5.32 Å². The summed E-state index contributed by atoms with van der Waals surface area (Å²) in [5.74, 6) is -1.27. The molecule has 0 aromatic rings. The van der Waals surface area contributed by atoms with Crippen molar-refractivity contribution in [3.63, 3.8) is 0 Å². The van der Waals surface area contributed by atoms with Gasteiger partial charge in [0, 0.05) is 26.4 Å². The Morgan fingerprint density at radius 2 is 2.25 bits per heavy atom. The first-order valence-electron chi connectivity index (χ1n) is 5.64. The molecule has 1 rings (SSSR count). The molecule has 0 aromatic heterocycles. The van der Waals surface area contributed by atoms with Gasteiger partial charge in [-0.25, -0.2) is 4.79 Å². The Kier molecular flexibility index (Phi) is 4.29. The minimum Gasteiger partial charge on any atom is -0.480 e. The summed E-state index contributed by atoms with van der Waals surface area (Å²) in [6, 6.07) is 0. The maximum Gasteiger partial charge on any atom is 0.329 e. The molecule has 1 heterocycles. The number of hydrogen-bond acceptors (Lipinski definition) is 3. The van der Waals surface area contributed by atoms with Gasteiger partial charge >= 0.3 is 5.97 Å². The standard InChI is InChI=1S/C11H19NO4/c1-3-4-9-7-11(10(14)15,5-6-16-9)12-8(2)13/h9H,3-7H2,1-2H3,(H,12,13)(H,14,15). The minimum absolute atomic E-state index is 0.0679. The fourth-order valence-corrected chi connectivity index (χ4v) is 2.16. The molecule has 2 atom stereocenters. The molecule has 5 nitrogen and oxygen atoms in total. The van der Waals surface area contributed by atoms with Gasteiger partial charge in [-0.2, -0.15) is 0 Å². The highest BCUT2D eigenvalue weighted by Gasteiger charge is 2.44. The van der Waals surface area contributed by atoms with Gasteiger partial charge in [-0.1, -0.05) is 13.3 Å². The molecule has 0 radical (unpaired) electrons. The summed E-state index contributed by atoms with van der Waals surface area (Å²) in [5.41, 5.74) is -1.13. The summed E-state index contributed by atoms with van der Waals surface area (Å²) in [7, 11) is 0. The number of carbonyl (C=O) groups is 2. The van der Waals surface area contributed by atoms with Crippen molar-refractivity contribution in [1.29, 1.82) is 0 Å². The molecule has 0 saturated carbocycles. The summed E-state index contributed by atoms with van der Waals surface area (Å²) in [4.78, 5) is 22.4. The van der Waals surface area contributed by atoms with E-state index in [0.717, 1.165) is 12.8 Å². The normalized spacial score (nSPS) is 29.8. The van der Waals surface area contributed by atoms with Crippen LogP contribution in [0.2, 0.25) is 0 Å². The van der Waals surface area contributed by atoms with Gasteiger partial charge in [0.15, 0.2) is 0 Å². The Morgan fingerprint density at radius 1 is 1.56 bits per heavy atom. The predicted octanol–water partition coefficient (Wildman–Crippen LogP) is 0.925.